The summed E-state index contributed by atoms with van der Waals surface area (Å²) in [6, 6.07) is 16.3. The molecule has 3 aromatic rings. The van der Waals surface area contributed by atoms with Crippen molar-refractivity contribution in [1.82, 2.24) is 4.90 Å². The highest BCUT2D eigenvalue weighted by Crippen LogP contribution is 2.29. The van der Waals surface area contributed by atoms with E-state index in [1.807, 2.05) is 0 Å². The maximum atomic E-state index is 13.5. The topological polar surface area (TPSA) is 105 Å². The quantitative estimate of drug-likeness (QED) is 0.367. The number of nitrogens with zero attached hydrogens (tertiary/aromatic N) is 2. The Hall–Kier alpha value is -4.73. The van der Waals surface area contributed by atoms with Crippen molar-refractivity contribution >= 4 is 35.2 Å². The molecule has 0 spiro atoms. The summed E-state index contributed by atoms with van der Waals surface area (Å²) in [5, 5.41) is 2.68. The molecule has 1 fully saturated rings. The molecule has 1 aliphatic rings. The van der Waals surface area contributed by atoms with Crippen molar-refractivity contribution in [2.24, 2.45) is 0 Å². The van der Waals surface area contributed by atoms with Gasteiger partial charge < -0.3 is 19.7 Å². The molecule has 0 aliphatic carbocycles. The Kier molecular flexibility index (Phi) is 7.47. The molecule has 4 rings (SSSR count). The van der Waals surface area contributed by atoms with Crippen LogP contribution in [0.4, 0.5) is 20.6 Å². The molecule has 10 heteroatoms. The maximum absolute atomic E-state index is 13.5. The number of amides is 4. The number of methoxy groups -OCH3 is 2. The fourth-order valence-corrected chi connectivity index (χ4v) is 3.96. The Morgan fingerprint density at radius 1 is 0.919 bits per heavy atom. The molecular formula is C27H24FN3O6. The van der Waals surface area contributed by atoms with Crippen LogP contribution < -0.4 is 15.0 Å². The summed E-state index contributed by atoms with van der Waals surface area (Å²) in [6.45, 7) is 0.0675. The van der Waals surface area contributed by atoms with Gasteiger partial charge in [-0.3, -0.25) is 9.59 Å². The molecule has 0 bridgehead atoms. The van der Waals surface area contributed by atoms with Gasteiger partial charge >= 0.3 is 12.0 Å². The largest absolute Gasteiger partial charge is 0.497 e. The Labute approximate surface area is 212 Å². The number of carbonyl (C=O) groups is 4. The first-order valence-electron chi connectivity index (χ1n) is 11.3. The zero-order valence-corrected chi connectivity index (χ0v) is 20.1. The molecule has 4 amide bonds. The van der Waals surface area contributed by atoms with Crippen LogP contribution in [0.5, 0.6) is 5.75 Å². The van der Waals surface area contributed by atoms with Gasteiger partial charge in [0.2, 0.25) is 5.91 Å². The van der Waals surface area contributed by atoms with E-state index in [0.29, 0.717) is 17.0 Å². The monoisotopic (exact) mass is 505 g/mol. The first-order chi connectivity index (χ1) is 17.8. The molecule has 9 nitrogen and oxygen atoms in total. The van der Waals surface area contributed by atoms with Crippen LogP contribution in [-0.4, -0.2) is 49.0 Å². The first kappa shape index (κ1) is 25.4. The van der Waals surface area contributed by atoms with Gasteiger partial charge in [-0.05, 0) is 66.2 Å². The SMILES string of the molecule is COC(=O)c1ccc(NC(=O)C[C@@H]2C(=O)N(c3ccc(F)cc3)C(=O)N2Cc2ccc(OC)cc2)cc1. The number of hydrogen-bond acceptors (Lipinski definition) is 6. The standard InChI is InChI=1S/C27H24FN3O6/c1-36-22-13-3-17(4-14-22)16-30-23(25(33)31(27(30)35)21-11-7-19(28)8-12-21)15-24(32)29-20-9-5-18(6-10-20)26(34)37-2/h3-14,23H,15-16H2,1-2H3,(H,29,32)/t23-/m1/s1. The highest BCUT2D eigenvalue weighted by Gasteiger charge is 2.46. The number of carbonyl (C=O) groups excluding carboxylic acids is 4. The lowest BCUT2D eigenvalue weighted by atomic mass is 10.1. The van der Waals surface area contributed by atoms with Crippen LogP contribution in [0.3, 0.4) is 0 Å². The van der Waals surface area contributed by atoms with Gasteiger partial charge in [-0.25, -0.2) is 18.9 Å². The Bertz CT molecular complexity index is 1310. The lowest BCUT2D eigenvalue weighted by Crippen LogP contribution is -2.37. The fourth-order valence-electron chi connectivity index (χ4n) is 3.96. The minimum Gasteiger partial charge on any atom is -0.497 e. The third-order valence-corrected chi connectivity index (χ3v) is 5.88. The number of urea groups is 1. The molecule has 1 aliphatic heterocycles. The minimum atomic E-state index is -1.09. The Morgan fingerprint density at radius 3 is 2.16 bits per heavy atom. The van der Waals surface area contributed by atoms with Crippen molar-refractivity contribution in [2.75, 3.05) is 24.4 Å². The van der Waals surface area contributed by atoms with Gasteiger partial charge in [0.05, 0.1) is 31.9 Å². The van der Waals surface area contributed by atoms with E-state index in [1.54, 1.807) is 24.3 Å². The molecule has 1 saturated heterocycles. The van der Waals surface area contributed by atoms with Crippen LogP contribution in [-0.2, 0) is 20.9 Å². The second-order valence-electron chi connectivity index (χ2n) is 8.25. The maximum Gasteiger partial charge on any atom is 0.337 e. The first-order valence-corrected chi connectivity index (χ1v) is 11.3. The van der Waals surface area contributed by atoms with E-state index >= 15 is 0 Å². The number of rotatable bonds is 8. The lowest BCUT2D eigenvalue weighted by molar-refractivity contribution is -0.124. The van der Waals surface area contributed by atoms with Gasteiger partial charge in [-0.1, -0.05) is 12.1 Å². The number of benzene rings is 3. The normalized spacial score (nSPS) is 15.1. The number of imide groups is 1. The van der Waals surface area contributed by atoms with Gasteiger partial charge in [-0.15, -0.1) is 0 Å². The molecule has 0 aromatic heterocycles. The molecule has 190 valence electrons. The summed E-state index contributed by atoms with van der Waals surface area (Å²) in [7, 11) is 2.81. The number of nitrogens with one attached hydrogen (secondary N) is 1. The fraction of sp³-hybridized carbons (Fsp3) is 0.185. The molecule has 0 radical (unpaired) electrons. The molecular weight excluding hydrogens is 481 g/mol. The van der Waals surface area contributed by atoms with Crippen molar-refractivity contribution in [3.63, 3.8) is 0 Å². The highest BCUT2D eigenvalue weighted by atomic mass is 19.1. The number of hydrogen-bond donors (Lipinski definition) is 1. The summed E-state index contributed by atoms with van der Waals surface area (Å²) in [4.78, 5) is 53.5. The van der Waals surface area contributed by atoms with E-state index < -0.39 is 35.7 Å². The molecule has 37 heavy (non-hydrogen) atoms. The number of anilines is 2. The summed E-state index contributed by atoms with van der Waals surface area (Å²) in [5.41, 5.74) is 1.66. The molecule has 0 unspecified atom stereocenters. The van der Waals surface area contributed by atoms with Crippen molar-refractivity contribution in [1.29, 1.82) is 0 Å². The van der Waals surface area contributed by atoms with Crippen molar-refractivity contribution in [3.05, 3.63) is 89.7 Å². The van der Waals surface area contributed by atoms with Gasteiger partial charge in [0.25, 0.3) is 5.91 Å². The van der Waals surface area contributed by atoms with Crippen molar-refractivity contribution < 1.29 is 33.0 Å². The van der Waals surface area contributed by atoms with E-state index in [0.717, 1.165) is 22.6 Å². The molecule has 3 aromatic carbocycles. The second-order valence-corrected chi connectivity index (χ2v) is 8.25. The molecule has 1 N–H and O–H groups in total. The second kappa shape index (κ2) is 10.9. The van der Waals surface area contributed by atoms with E-state index in [4.69, 9.17) is 4.74 Å². The van der Waals surface area contributed by atoms with Crippen LogP contribution in [0.2, 0.25) is 0 Å². The average Bonchev–Trinajstić information content (AvgIpc) is 3.13. The highest BCUT2D eigenvalue weighted by molar-refractivity contribution is 6.22. The minimum absolute atomic E-state index is 0.0675. The summed E-state index contributed by atoms with van der Waals surface area (Å²) >= 11 is 0. The van der Waals surface area contributed by atoms with Crippen LogP contribution in [0.25, 0.3) is 0 Å². The van der Waals surface area contributed by atoms with Crippen LogP contribution in [0, 0.1) is 5.82 Å². The zero-order valence-electron chi connectivity index (χ0n) is 20.1. The Morgan fingerprint density at radius 2 is 1.57 bits per heavy atom. The lowest BCUT2D eigenvalue weighted by Gasteiger charge is -2.22. The van der Waals surface area contributed by atoms with Gasteiger partial charge in [0.1, 0.15) is 17.6 Å². The van der Waals surface area contributed by atoms with Gasteiger partial charge in [0.15, 0.2) is 0 Å². The van der Waals surface area contributed by atoms with E-state index in [-0.39, 0.29) is 18.7 Å². The van der Waals surface area contributed by atoms with Gasteiger partial charge in [-0.2, -0.15) is 0 Å². The molecule has 1 atom stereocenters. The van der Waals surface area contributed by atoms with Crippen molar-refractivity contribution in [3.8, 4) is 5.75 Å². The Balaban J connectivity index is 1.56. The van der Waals surface area contributed by atoms with Crippen LogP contribution in [0.15, 0.2) is 72.8 Å². The number of halogens is 1. The smallest absolute Gasteiger partial charge is 0.337 e. The predicted molar refractivity (Wildman–Crippen MR) is 133 cm³/mol. The van der Waals surface area contributed by atoms with Crippen molar-refractivity contribution in [2.45, 2.75) is 19.0 Å². The molecule has 0 saturated carbocycles. The predicted octanol–water partition coefficient (Wildman–Crippen LogP) is 3.99. The molecule has 1 heterocycles. The average molecular weight is 506 g/mol. The van der Waals surface area contributed by atoms with Gasteiger partial charge in [0, 0.05) is 12.2 Å². The third-order valence-electron chi connectivity index (χ3n) is 5.88. The van der Waals surface area contributed by atoms with E-state index in [9.17, 15) is 23.6 Å². The number of esters is 1. The number of ether oxygens (including phenoxy) is 2. The van der Waals surface area contributed by atoms with E-state index in [1.165, 1.54) is 55.5 Å². The van der Waals surface area contributed by atoms with Crippen LogP contribution >= 0.6 is 0 Å². The summed E-state index contributed by atoms with van der Waals surface area (Å²) in [6.07, 6.45) is -0.308. The summed E-state index contributed by atoms with van der Waals surface area (Å²) < 4.78 is 23.3. The third kappa shape index (κ3) is 5.58. The van der Waals surface area contributed by atoms with Crippen LogP contribution in [0.1, 0.15) is 22.3 Å². The summed E-state index contributed by atoms with van der Waals surface area (Å²) in [5.74, 6) is -1.48. The zero-order chi connectivity index (χ0) is 26.5. The van der Waals surface area contributed by atoms with E-state index in [2.05, 4.69) is 10.1 Å².